The molecule has 1 aromatic carbocycles. The van der Waals surface area contributed by atoms with Crippen LogP contribution in [0.2, 0.25) is 0 Å². The number of aliphatic hydroxyl groups excluding tert-OH is 1. The van der Waals surface area contributed by atoms with Crippen LogP contribution in [0.15, 0.2) is 24.3 Å². The normalized spacial score (nSPS) is 13.2. The topological polar surface area (TPSA) is 72.8 Å². The minimum atomic E-state index is -0.342. The van der Waals surface area contributed by atoms with Gasteiger partial charge in [-0.05, 0) is 49.3 Å². The fourth-order valence-corrected chi connectivity index (χ4v) is 2.53. The summed E-state index contributed by atoms with van der Waals surface area (Å²) in [5.41, 5.74) is 1.09. The summed E-state index contributed by atoms with van der Waals surface area (Å²) >= 11 is 0. The van der Waals surface area contributed by atoms with Crippen LogP contribution < -0.4 is 4.74 Å². The standard InChI is InChI=1S/C19H28O5/c1-4-16(19(22)23-12-6-5-11-20)13-14(2)17-7-9-18(10-8-17)24-15(3)21/h7-10,14,16,20H,4-6,11-13H2,1-3H3. The van der Waals surface area contributed by atoms with Crippen molar-refractivity contribution in [1.29, 1.82) is 0 Å². The molecular weight excluding hydrogens is 308 g/mol. The van der Waals surface area contributed by atoms with E-state index in [0.717, 1.165) is 12.0 Å². The van der Waals surface area contributed by atoms with Gasteiger partial charge in [0.1, 0.15) is 5.75 Å². The molecule has 0 spiro atoms. The summed E-state index contributed by atoms with van der Waals surface area (Å²) in [6, 6.07) is 7.37. The van der Waals surface area contributed by atoms with Crippen molar-refractivity contribution >= 4 is 11.9 Å². The monoisotopic (exact) mass is 336 g/mol. The summed E-state index contributed by atoms with van der Waals surface area (Å²) in [6.07, 6.45) is 2.78. The summed E-state index contributed by atoms with van der Waals surface area (Å²) in [5.74, 6) is 0.0759. The molecule has 0 fully saturated rings. The van der Waals surface area contributed by atoms with E-state index in [1.54, 1.807) is 12.1 Å². The van der Waals surface area contributed by atoms with Crippen molar-refractivity contribution < 1.29 is 24.2 Å². The number of benzene rings is 1. The van der Waals surface area contributed by atoms with Crippen LogP contribution in [0.3, 0.4) is 0 Å². The van der Waals surface area contributed by atoms with Gasteiger partial charge < -0.3 is 14.6 Å². The maximum atomic E-state index is 12.1. The number of aliphatic hydroxyl groups is 1. The molecule has 0 saturated carbocycles. The van der Waals surface area contributed by atoms with E-state index in [2.05, 4.69) is 6.92 Å². The molecule has 0 amide bonds. The number of hydrogen-bond acceptors (Lipinski definition) is 5. The van der Waals surface area contributed by atoms with Gasteiger partial charge in [0.25, 0.3) is 0 Å². The van der Waals surface area contributed by atoms with Gasteiger partial charge in [-0.15, -0.1) is 0 Å². The third-order valence-electron chi connectivity index (χ3n) is 3.97. The van der Waals surface area contributed by atoms with Gasteiger partial charge in [-0.25, -0.2) is 0 Å². The van der Waals surface area contributed by atoms with Gasteiger partial charge in [0, 0.05) is 13.5 Å². The Hall–Kier alpha value is -1.88. The van der Waals surface area contributed by atoms with Crippen LogP contribution >= 0.6 is 0 Å². The van der Waals surface area contributed by atoms with Crippen LogP contribution in [0.5, 0.6) is 5.75 Å². The van der Waals surface area contributed by atoms with Crippen LogP contribution in [0.25, 0.3) is 0 Å². The van der Waals surface area contributed by atoms with Crippen molar-refractivity contribution in [2.45, 2.75) is 52.4 Å². The SMILES string of the molecule is CCC(CC(C)c1ccc(OC(C)=O)cc1)C(=O)OCCCCO. The van der Waals surface area contributed by atoms with E-state index in [4.69, 9.17) is 14.6 Å². The van der Waals surface area contributed by atoms with Gasteiger partial charge in [0.15, 0.2) is 0 Å². The van der Waals surface area contributed by atoms with Crippen molar-refractivity contribution in [3.05, 3.63) is 29.8 Å². The summed E-state index contributed by atoms with van der Waals surface area (Å²) in [4.78, 5) is 23.1. The van der Waals surface area contributed by atoms with Gasteiger partial charge in [-0.1, -0.05) is 26.0 Å². The molecule has 1 N–H and O–H groups in total. The molecule has 0 aliphatic rings. The van der Waals surface area contributed by atoms with E-state index in [9.17, 15) is 9.59 Å². The first-order chi connectivity index (χ1) is 11.5. The second kappa shape index (κ2) is 10.8. The predicted molar refractivity (Wildman–Crippen MR) is 91.8 cm³/mol. The molecule has 0 heterocycles. The van der Waals surface area contributed by atoms with Gasteiger partial charge in [0.05, 0.1) is 12.5 Å². The molecule has 0 aliphatic heterocycles. The Balaban J connectivity index is 2.54. The van der Waals surface area contributed by atoms with Crippen LogP contribution in [0.1, 0.15) is 57.9 Å². The highest BCUT2D eigenvalue weighted by atomic mass is 16.5. The van der Waals surface area contributed by atoms with Crippen molar-refractivity contribution in [2.24, 2.45) is 5.92 Å². The largest absolute Gasteiger partial charge is 0.465 e. The van der Waals surface area contributed by atoms with E-state index < -0.39 is 0 Å². The van der Waals surface area contributed by atoms with E-state index in [-0.39, 0.29) is 30.4 Å². The van der Waals surface area contributed by atoms with Crippen LogP contribution in [0, 0.1) is 5.92 Å². The lowest BCUT2D eigenvalue weighted by Gasteiger charge is -2.19. The Morgan fingerprint density at radius 2 is 1.83 bits per heavy atom. The molecule has 5 heteroatoms. The Morgan fingerprint density at radius 3 is 2.38 bits per heavy atom. The number of carbonyl (C=O) groups excluding carboxylic acids is 2. The molecule has 134 valence electrons. The minimum absolute atomic E-state index is 0.120. The summed E-state index contributed by atoms with van der Waals surface area (Å²) in [7, 11) is 0. The highest BCUT2D eigenvalue weighted by molar-refractivity contribution is 5.72. The molecule has 1 rings (SSSR count). The quantitative estimate of drug-likeness (QED) is 0.402. The first-order valence-corrected chi connectivity index (χ1v) is 8.53. The van der Waals surface area contributed by atoms with Gasteiger partial charge in [-0.3, -0.25) is 9.59 Å². The van der Waals surface area contributed by atoms with Crippen molar-refractivity contribution in [1.82, 2.24) is 0 Å². The zero-order valence-corrected chi connectivity index (χ0v) is 14.8. The average molecular weight is 336 g/mol. The zero-order valence-electron chi connectivity index (χ0n) is 14.8. The predicted octanol–water partition coefficient (Wildman–Crippen LogP) is 3.45. The lowest BCUT2D eigenvalue weighted by atomic mass is 9.89. The fraction of sp³-hybridized carbons (Fsp3) is 0.579. The molecule has 1 aromatic rings. The number of ether oxygens (including phenoxy) is 2. The molecule has 2 unspecified atom stereocenters. The molecule has 0 aliphatic carbocycles. The van der Waals surface area contributed by atoms with E-state index in [1.165, 1.54) is 6.92 Å². The van der Waals surface area contributed by atoms with Gasteiger partial charge in [0.2, 0.25) is 0 Å². The molecular formula is C19H28O5. The summed E-state index contributed by atoms with van der Waals surface area (Å²) in [6.45, 7) is 5.91. The molecule has 0 saturated heterocycles. The maximum absolute atomic E-state index is 12.1. The Kier molecular flexibility index (Phi) is 9.08. The smallest absolute Gasteiger partial charge is 0.308 e. The first kappa shape index (κ1) is 20.2. The van der Waals surface area contributed by atoms with Crippen molar-refractivity contribution in [2.75, 3.05) is 13.2 Å². The van der Waals surface area contributed by atoms with Crippen LogP contribution in [-0.4, -0.2) is 30.3 Å². The lowest BCUT2D eigenvalue weighted by molar-refractivity contribution is -0.149. The third-order valence-corrected chi connectivity index (χ3v) is 3.97. The fourth-order valence-electron chi connectivity index (χ4n) is 2.53. The maximum Gasteiger partial charge on any atom is 0.308 e. The summed E-state index contributed by atoms with van der Waals surface area (Å²) < 4.78 is 10.3. The van der Waals surface area contributed by atoms with Crippen LogP contribution in [-0.2, 0) is 14.3 Å². The number of hydrogen-bond donors (Lipinski definition) is 1. The second-order valence-corrected chi connectivity index (χ2v) is 6.00. The number of esters is 2. The Bertz CT molecular complexity index is 509. The van der Waals surface area contributed by atoms with Crippen molar-refractivity contribution in [3.8, 4) is 5.75 Å². The second-order valence-electron chi connectivity index (χ2n) is 6.00. The van der Waals surface area contributed by atoms with Gasteiger partial charge in [-0.2, -0.15) is 0 Å². The first-order valence-electron chi connectivity index (χ1n) is 8.53. The third kappa shape index (κ3) is 7.13. The van der Waals surface area contributed by atoms with E-state index in [0.29, 0.717) is 31.6 Å². The number of carbonyl (C=O) groups is 2. The minimum Gasteiger partial charge on any atom is -0.465 e. The highest BCUT2D eigenvalue weighted by Gasteiger charge is 2.21. The zero-order chi connectivity index (χ0) is 17.9. The van der Waals surface area contributed by atoms with Crippen LogP contribution in [0.4, 0.5) is 0 Å². The molecule has 5 nitrogen and oxygen atoms in total. The van der Waals surface area contributed by atoms with E-state index in [1.807, 2.05) is 19.1 Å². The average Bonchev–Trinajstić information content (AvgIpc) is 2.56. The Morgan fingerprint density at radius 1 is 1.17 bits per heavy atom. The van der Waals surface area contributed by atoms with Gasteiger partial charge >= 0.3 is 11.9 Å². The molecule has 0 bridgehead atoms. The lowest BCUT2D eigenvalue weighted by Crippen LogP contribution is -2.19. The van der Waals surface area contributed by atoms with Crippen molar-refractivity contribution in [3.63, 3.8) is 0 Å². The molecule has 0 aromatic heterocycles. The molecule has 0 radical (unpaired) electrons. The molecule has 24 heavy (non-hydrogen) atoms. The summed E-state index contributed by atoms with van der Waals surface area (Å²) in [5, 5.41) is 8.73. The Labute approximate surface area is 144 Å². The highest BCUT2D eigenvalue weighted by Crippen LogP contribution is 2.27. The van der Waals surface area contributed by atoms with E-state index >= 15 is 0 Å². The molecule has 2 atom stereocenters. The number of unbranched alkanes of at least 4 members (excludes halogenated alkanes) is 1. The number of rotatable bonds is 10.